The summed E-state index contributed by atoms with van der Waals surface area (Å²) in [6, 6.07) is 10.3. The molecule has 0 aromatic heterocycles. The van der Waals surface area contributed by atoms with Gasteiger partial charge >= 0.3 is 0 Å². The second kappa shape index (κ2) is 6.57. The number of nitrogens with one attached hydrogen (secondary N) is 1. The Balaban J connectivity index is 2.53. The normalized spacial score (nSPS) is 12.4. The maximum atomic E-state index is 14.2. The lowest BCUT2D eigenvalue weighted by Crippen LogP contribution is -2.23. The fourth-order valence-corrected chi connectivity index (χ4v) is 2.62. The molecule has 2 aromatic rings. The van der Waals surface area contributed by atoms with Gasteiger partial charge in [-0.1, -0.05) is 54.4 Å². The van der Waals surface area contributed by atoms with E-state index in [1.165, 1.54) is 6.07 Å². The Labute approximate surface area is 128 Å². The number of hydrogen-bond donors (Lipinski definition) is 1. The average molecular weight is 312 g/mol. The molecule has 0 aliphatic rings. The van der Waals surface area contributed by atoms with Crippen LogP contribution >= 0.6 is 23.2 Å². The number of hydrogen-bond acceptors (Lipinski definition) is 1. The molecule has 1 nitrogen and oxygen atoms in total. The van der Waals surface area contributed by atoms with Crippen molar-refractivity contribution in [2.75, 3.05) is 6.54 Å². The predicted octanol–water partition coefficient (Wildman–Crippen LogP) is 5.14. The minimum Gasteiger partial charge on any atom is -0.306 e. The van der Waals surface area contributed by atoms with Gasteiger partial charge in [0.25, 0.3) is 0 Å². The molecule has 0 radical (unpaired) electrons. The van der Waals surface area contributed by atoms with Crippen LogP contribution in [0.2, 0.25) is 10.0 Å². The summed E-state index contributed by atoms with van der Waals surface area (Å²) in [4.78, 5) is 0. The average Bonchev–Trinajstić information content (AvgIpc) is 2.40. The highest BCUT2D eigenvalue weighted by atomic mass is 35.5. The van der Waals surface area contributed by atoms with E-state index in [9.17, 15) is 4.39 Å². The van der Waals surface area contributed by atoms with Crippen molar-refractivity contribution in [3.05, 3.63) is 69.0 Å². The predicted molar refractivity (Wildman–Crippen MR) is 83.1 cm³/mol. The zero-order valence-corrected chi connectivity index (χ0v) is 12.9. The van der Waals surface area contributed by atoms with E-state index in [1.54, 1.807) is 12.1 Å². The van der Waals surface area contributed by atoms with Gasteiger partial charge in [-0.2, -0.15) is 0 Å². The number of halogens is 3. The van der Waals surface area contributed by atoms with Crippen LogP contribution in [0.15, 0.2) is 36.4 Å². The van der Waals surface area contributed by atoms with Crippen LogP contribution in [-0.2, 0) is 0 Å². The summed E-state index contributed by atoms with van der Waals surface area (Å²) in [5.74, 6) is -0.244. The van der Waals surface area contributed by atoms with Crippen molar-refractivity contribution in [3.63, 3.8) is 0 Å². The monoisotopic (exact) mass is 311 g/mol. The zero-order valence-electron chi connectivity index (χ0n) is 11.4. The molecular weight excluding hydrogens is 296 g/mol. The molecule has 1 atom stereocenters. The first kappa shape index (κ1) is 15.3. The highest BCUT2D eigenvalue weighted by Crippen LogP contribution is 2.34. The van der Waals surface area contributed by atoms with Crippen LogP contribution < -0.4 is 5.32 Å². The van der Waals surface area contributed by atoms with E-state index in [1.807, 2.05) is 32.0 Å². The van der Waals surface area contributed by atoms with E-state index in [0.717, 1.165) is 11.1 Å². The number of aryl methyl sites for hydroxylation is 1. The van der Waals surface area contributed by atoms with Crippen molar-refractivity contribution in [3.8, 4) is 0 Å². The van der Waals surface area contributed by atoms with Gasteiger partial charge in [-0.25, -0.2) is 4.39 Å². The minimum atomic E-state index is -0.313. The van der Waals surface area contributed by atoms with Gasteiger partial charge in [0.05, 0.1) is 16.1 Å². The third-order valence-corrected chi connectivity index (χ3v) is 4.00. The number of benzene rings is 2. The minimum absolute atomic E-state index is 0.244. The smallest absolute Gasteiger partial charge is 0.128 e. The van der Waals surface area contributed by atoms with Crippen molar-refractivity contribution in [2.45, 2.75) is 19.9 Å². The molecule has 0 heterocycles. The molecule has 0 spiro atoms. The molecule has 0 amide bonds. The van der Waals surface area contributed by atoms with Gasteiger partial charge in [-0.05, 0) is 36.7 Å². The molecule has 4 heteroatoms. The maximum Gasteiger partial charge on any atom is 0.128 e. The topological polar surface area (TPSA) is 12.0 Å². The Bertz CT molecular complexity index is 613. The third kappa shape index (κ3) is 3.14. The van der Waals surface area contributed by atoms with Gasteiger partial charge < -0.3 is 5.32 Å². The van der Waals surface area contributed by atoms with Crippen LogP contribution in [0.1, 0.15) is 29.7 Å². The van der Waals surface area contributed by atoms with Crippen molar-refractivity contribution in [1.82, 2.24) is 5.32 Å². The van der Waals surface area contributed by atoms with E-state index in [-0.39, 0.29) is 11.9 Å². The standard InChI is InChI=1S/C16H16Cl2FN/c1-3-20-16(11-8-7-10(2)9-14(11)19)12-5-4-6-13(17)15(12)18/h4-9,16,20H,3H2,1-2H3. The van der Waals surface area contributed by atoms with E-state index >= 15 is 0 Å². The summed E-state index contributed by atoms with van der Waals surface area (Å²) in [7, 11) is 0. The van der Waals surface area contributed by atoms with Crippen molar-refractivity contribution < 1.29 is 4.39 Å². The maximum absolute atomic E-state index is 14.2. The summed E-state index contributed by atoms with van der Waals surface area (Å²) < 4.78 is 14.2. The fourth-order valence-electron chi connectivity index (χ4n) is 2.20. The lowest BCUT2D eigenvalue weighted by Gasteiger charge is -2.21. The summed E-state index contributed by atoms with van der Waals surface area (Å²) >= 11 is 12.3. The molecule has 0 bridgehead atoms. The van der Waals surface area contributed by atoms with E-state index in [2.05, 4.69) is 5.32 Å². The first-order valence-corrected chi connectivity index (χ1v) is 7.23. The Kier molecular flexibility index (Phi) is 5.03. The third-order valence-electron chi connectivity index (χ3n) is 3.17. The molecule has 0 aliphatic heterocycles. The summed E-state index contributed by atoms with van der Waals surface area (Å²) in [6.45, 7) is 4.53. The van der Waals surface area contributed by atoms with E-state index in [0.29, 0.717) is 22.2 Å². The molecule has 0 aliphatic carbocycles. The van der Waals surface area contributed by atoms with Crippen LogP contribution in [0.5, 0.6) is 0 Å². The van der Waals surface area contributed by atoms with Crippen LogP contribution in [0.25, 0.3) is 0 Å². The van der Waals surface area contributed by atoms with Crippen molar-refractivity contribution >= 4 is 23.2 Å². The summed E-state index contributed by atoms with van der Waals surface area (Å²) in [5, 5.41) is 4.19. The van der Waals surface area contributed by atoms with Crippen LogP contribution in [-0.4, -0.2) is 6.54 Å². The zero-order chi connectivity index (χ0) is 14.7. The highest BCUT2D eigenvalue weighted by Gasteiger charge is 2.20. The van der Waals surface area contributed by atoms with Gasteiger partial charge in [0.1, 0.15) is 5.82 Å². The van der Waals surface area contributed by atoms with Crippen molar-refractivity contribution in [1.29, 1.82) is 0 Å². The van der Waals surface area contributed by atoms with E-state index < -0.39 is 0 Å². The Morgan fingerprint density at radius 2 is 1.90 bits per heavy atom. The molecule has 0 saturated carbocycles. The summed E-state index contributed by atoms with van der Waals surface area (Å²) in [5.41, 5.74) is 2.24. The second-order valence-corrected chi connectivity index (χ2v) is 5.44. The van der Waals surface area contributed by atoms with Crippen molar-refractivity contribution in [2.24, 2.45) is 0 Å². The largest absolute Gasteiger partial charge is 0.306 e. The SMILES string of the molecule is CCNC(c1ccc(C)cc1F)c1cccc(Cl)c1Cl. The molecule has 1 N–H and O–H groups in total. The quantitative estimate of drug-likeness (QED) is 0.824. The summed E-state index contributed by atoms with van der Waals surface area (Å²) in [6.07, 6.45) is 0. The number of rotatable bonds is 4. The Morgan fingerprint density at radius 1 is 1.15 bits per heavy atom. The van der Waals surface area contributed by atoms with E-state index in [4.69, 9.17) is 23.2 Å². The first-order chi connectivity index (χ1) is 9.54. The Hall–Kier alpha value is -1.09. The molecule has 2 rings (SSSR count). The molecule has 2 aromatic carbocycles. The van der Waals surface area contributed by atoms with Crippen LogP contribution in [0, 0.1) is 12.7 Å². The molecule has 20 heavy (non-hydrogen) atoms. The van der Waals surface area contributed by atoms with Gasteiger partial charge in [0, 0.05) is 5.56 Å². The molecule has 0 fully saturated rings. The first-order valence-electron chi connectivity index (χ1n) is 6.48. The lowest BCUT2D eigenvalue weighted by molar-refractivity contribution is 0.558. The Morgan fingerprint density at radius 3 is 2.55 bits per heavy atom. The highest BCUT2D eigenvalue weighted by molar-refractivity contribution is 6.42. The molecule has 1 unspecified atom stereocenters. The van der Waals surface area contributed by atoms with Gasteiger partial charge in [0.15, 0.2) is 0 Å². The van der Waals surface area contributed by atoms with Crippen LogP contribution in [0.4, 0.5) is 4.39 Å². The van der Waals surface area contributed by atoms with Crippen LogP contribution in [0.3, 0.4) is 0 Å². The van der Waals surface area contributed by atoms with Gasteiger partial charge in [-0.15, -0.1) is 0 Å². The molecule has 0 saturated heterocycles. The molecular formula is C16H16Cl2FN. The van der Waals surface area contributed by atoms with Gasteiger partial charge in [0.2, 0.25) is 0 Å². The van der Waals surface area contributed by atoms with Gasteiger partial charge in [-0.3, -0.25) is 0 Å². The second-order valence-electron chi connectivity index (χ2n) is 4.66. The molecule has 106 valence electrons. The fraction of sp³-hybridized carbons (Fsp3) is 0.250. The lowest BCUT2D eigenvalue weighted by atomic mass is 9.97.